The summed E-state index contributed by atoms with van der Waals surface area (Å²) in [5, 5.41) is 9.79. The molecule has 0 spiro atoms. The molecular weight excluding hydrogens is 220 g/mol. The third-order valence-electron chi connectivity index (χ3n) is 1.90. The van der Waals surface area contributed by atoms with Gasteiger partial charge < -0.3 is 4.74 Å². The summed E-state index contributed by atoms with van der Waals surface area (Å²) in [6.45, 7) is 2.30. The first kappa shape index (κ1) is 12.6. The molecule has 1 aromatic rings. The standard InChI is InChI=1S/C12H12N2OS/c1-4-5-16-12-11(7-13)10(8-15-3)6-9(2)14-12/h1,6H,5,8H2,2-3H3. The molecule has 0 unspecified atom stereocenters. The summed E-state index contributed by atoms with van der Waals surface area (Å²) in [6.07, 6.45) is 5.20. The molecule has 0 aliphatic heterocycles. The van der Waals surface area contributed by atoms with Crippen molar-refractivity contribution in [3.8, 4) is 18.4 Å². The number of terminal acetylenes is 1. The van der Waals surface area contributed by atoms with E-state index >= 15 is 0 Å². The Morgan fingerprint density at radius 2 is 2.38 bits per heavy atom. The van der Waals surface area contributed by atoms with Crippen molar-refractivity contribution in [1.29, 1.82) is 5.26 Å². The average molecular weight is 232 g/mol. The number of nitriles is 1. The van der Waals surface area contributed by atoms with Gasteiger partial charge in [-0.25, -0.2) is 4.98 Å². The second-order valence-corrected chi connectivity index (χ2v) is 4.10. The normalized spacial score (nSPS) is 9.50. The van der Waals surface area contributed by atoms with Crippen molar-refractivity contribution in [3.05, 3.63) is 22.9 Å². The van der Waals surface area contributed by atoms with Crippen LogP contribution < -0.4 is 0 Å². The lowest BCUT2D eigenvalue weighted by Crippen LogP contribution is -1.99. The van der Waals surface area contributed by atoms with Crippen LogP contribution in [0, 0.1) is 30.6 Å². The maximum Gasteiger partial charge on any atom is 0.115 e. The number of ether oxygens (including phenoxy) is 1. The number of rotatable bonds is 4. The number of aromatic nitrogens is 1. The lowest BCUT2D eigenvalue weighted by molar-refractivity contribution is 0.184. The zero-order chi connectivity index (χ0) is 12.0. The van der Waals surface area contributed by atoms with Crippen LogP contribution in [0.25, 0.3) is 0 Å². The van der Waals surface area contributed by atoms with Gasteiger partial charge in [0, 0.05) is 12.8 Å². The van der Waals surface area contributed by atoms with Gasteiger partial charge >= 0.3 is 0 Å². The molecule has 0 saturated carbocycles. The van der Waals surface area contributed by atoms with Crippen molar-refractivity contribution in [1.82, 2.24) is 4.98 Å². The zero-order valence-corrected chi connectivity index (χ0v) is 10.1. The summed E-state index contributed by atoms with van der Waals surface area (Å²) in [5.74, 6) is 3.03. The molecule has 0 amide bonds. The van der Waals surface area contributed by atoms with Crippen LogP contribution in [0.1, 0.15) is 16.8 Å². The maximum atomic E-state index is 9.11. The molecule has 1 rings (SSSR count). The largest absolute Gasteiger partial charge is 0.380 e. The van der Waals surface area contributed by atoms with E-state index in [1.165, 1.54) is 11.8 Å². The van der Waals surface area contributed by atoms with Crippen LogP contribution in [-0.2, 0) is 11.3 Å². The molecule has 0 bridgehead atoms. The van der Waals surface area contributed by atoms with Gasteiger partial charge in [0.05, 0.1) is 17.9 Å². The van der Waals surface area contributed by atoms with Crippen molar-refractivity contribution in [2.24, 2.45) is 0 Å². The molecule has 4 heteroatoms. The Kier molecular flexibility index (Phi) is 4.85. The lowest BCUT2D eigenvalue weighted by Gasteiger charge is -2.08. The molecule has 3 nitrogen and oxygen atoms in total. The Bertz CT molecular complexity index is 457. The fourth-order valence-electron chi connectivity index (χ4n) is 1.31. The van der Waals surface area contributed by atoms with E-state index in [2.05, 4.69) is 17.0 Å². The topological polar surface area (TPSA) is 45.9 Å². The fraction of sp³-hybridized carbons (Fsp3) is 0.333. The molecule has 82 valence electrons. The zero-order valence-electron chi connectivity index (χ0n) is 9.28. The highest BCUT2D eigenvalue weighted by atomic mass is 32.2. The molecule has 1 aromatic heterocycles. The number of hydrogen-bond acceptors (Lipinski definition) is 4. The smallest absolute Gasteiger partial charge is 0.115 e. The van der Waals surface area contributed by atoms with Gasteiger partial charge in [-0.05, 0) is 18.6 Å². The second kappa shape index (κ2) is 6.17. The van der Waals surface area contributed by atoms with Crippen molar-refractivity contribution >= 4 is 11.8 Å². The average Bonchev–Trinajstić information content (AvgIpc) is 2.26. The van der Waals surface area contributed by atoms with Crippen LogP contribution in [-0.4, -0.2) is 17.8 Å². The monoisotopic (exact) mass is 232 g/mol. The summed E-state index contributed by atoms with van der Waals surface area (Å²) in [7, 11) is 1.60. The van der Waals surface area contributed by atoms with E-state index in [4.69, 9.17) is 16.4 Å². The van der Waals surface area contributed by atoms with Crippen molar-refractivity contribution in [2.75, 3.05) is 12.9 Å². The second-order valence-electron chi connectivity index (χ2n) is 3.14. The molecule has 1 heterocycles. The molecule has 0 aliphatic rings. The lowest BCUT2D eigenvalue weighted by atomic mass is 10.1. The molecule has 0 radical (unpaired) electrons. The van der Waals surface area contributed by atoms with Crippen LogP contribution >= 0.6 is 11.8 Å². The summed E-state index contributed by atoms with van der Waals surface area (Å²) >= 11 is 1.40. The minimum atomic E-state index is 0.413. The number of nitrogens with zero attached hydrogens (tertiary/aromatic N) is 2. The third kappa shape index (κ3) is 3.00. The van der Waals surface area contributed by atoms with Crippen molar-refractivity contribution in [3.63, 3.8) is 0 Å². The highest BCUT2D eigenvalue weighted by molar-refractivity contribution is 7.99. The van der Waals surface area contributed by atoms with Crippen LogP contribution in [0.2, 0.25) is 0 Å². The third-order valence-corrected chi connectivity index (χ3v) is 2.78. The molecule has 0 saturated heterocycles. The van der Waals surface area contributed by atoms with E-state index in [1.54, 1.807) is 7.11 Å². The first-order valence-electron chi connectivity index (χ1n) is 4.68. The molecule has 0 aromatic carbocycles. The Morgan fingerprint density at radius 1 is 1.62 bits per heavy atom. The Morgan fingerprint density at radius 3 is 2.94 bits per heavy atom. The van der Waals surface area contributed by atoms with E-state index in [0.29, 0.717) is 22.9 Å². The predicted octanol–water partition coefficient (Wildman–Crippen LogP) is 2.13. The minimum absolute atomic E-state index is 0.413. The quantitative estimate of drug-likeness (QED) is 0.589. The molecule has 0 N–H and O–H groups in total. The number of aryl methyl sites for hydroxylation is 1. The molecule has 16 heavy (non-hydrogen) atoms. The molecule has 0 aliphatic carbocycles. The van der Waals surface area contributed by atoms with Gasteiger partial charge in [-0.3, -0.25) is 0 Å². The Hall–Kier alpha value is -1.49. The van der Waals surface area contributed by atoms with Crippen LogP contribution in [0.15, 0.2) is 11.1 Å². The van der Waals surface area contributed by atoms with E-state index in [-0.39, 0.29) is 0 Å². The summed E-state index contributed by atoms with van der Waals surface area (Å²) in [6, 6.07) is 4.02. The van der Waals surface area contributed by atoms with Crippen molar-refractivity contribution < 1.29 is 4.74 Å². The van der Waals surface area contributed by atoms with E-state index < -0.39 is 0 Å². The van der Waals surface area contributed by atoms with Gasteiger partial charge in [0.2, 0.25) is 0 Å². The summed E-state index contributed by atoms with van der Waals surface area (Å²) in [4.78, 5) is 4.31. The van der Waals surface area contributed by atoms with Gasteiger partial charge in [-0.2, -0.15) is 5.26 Å². The summed E-state index contributed by atoms with van der Waals surface area (Å²) in [5.41, 5.74) is 2.29. The number of hydrogen-bond donors (Lipinski definition) is 0. The van der Waals surface area contributed by atoms with E-state index in [9.17, 15) is 0 Å². The predicted molar refractivity (Wildman–Crippen MR) is 64.0 cm³/mol. The van der Waals surface area contributed by atoms with Crippen LogP contribution in [0.3, 0.4) is 0 Å². The summed E-state index contributed by atoms with van der Waals surface area (Å²) < 4.78 is 5.06. The van der Waals surface area contributed by atoms with Gasteiger partial charge in [0.1, 0.15) is 11.1 Å². The Labute approximate surface area is 99.8 Å². The first-order chi connectivity index (χ1) is 7.72. The Balaban J connectivity index is 3.16. The number of pyridine rings is 1. The SMILES string of the molecule is C#CCSc1nc(C)cc(COC)c1C#N. The molecular formula is C12H12N2OS. The first-order valence-corrected chi connectivity index (χ1v) is 5.67. The van der Waals surface area contributed by atoms with Gasteiger partial charge in [-0.1, -0.05) is 17.7 Å². The van der Waals surface area contributed by atoms with E-state index in [1.807, 2.05) is 13.0 Å². The van der Waals surface area contributed by atoms with Crippen LogP contribution in [0.4, 0.5) is 0 Å². The van der Waals surface area contributed by atoms with E-state index in [0.717, 1.165) is 11.3 Å². The maximum absolute atomic E-state index is 9.11. The van der Waals surface area contributed by atoms with Gasteiger partial charge in [0.15, 0.2) is 0 Å². The van der Waals surface area contributed by atoms with Crippen molar-refractivity contribution in [2.45, 2.75) is 18.6 Å². The fourth-order valence-corrected chi connectivity index (χ4v) is 2.06. The molecule has 0 atom stereocenters. The van der Waals surface area contributed by atoms with Gasteiger partial charge in [-0.15, -0.1) is 6.42 Å². The minimum Gasteiger partial charge on any atom is -0.380 e. The van der Waals surface area contributed by atoms with Crippen LogP contribution in [0.5, 0.6) is 0 Å². The van der Waals surface area contributed by atoms with Gasteiger partial charge in [0.25, 0.3) is 0 Å². The number of methoxy groups -OCH3 is 1. The highest BCUT2D eigenvalue weighted by Crippen LogP contribution is 2.24. The number of thioether (sulfide) groups is 1. The highest BCUT2D eigenvalue weighted by Gasteiger charge is 2.11. The molecule has 0 fully saturated rings.